The summed E-state index contributed by atoms with van der Waals surface area (Å²) in [7, 11) is 1.57. The molecule has 0 aromatic heterocycles. The fourth-order valence-corrected chi connectivity index (χ4v) is 2.63. The largest absolute Gasteiger partial charge is 0.497 e. The molecule has 3 aromatic carbocycles. The maximum Gasteiger partial charge on any atom is 0.193 e. The molecule has 0 aliphatic rings. The van der Waals surface area contributed by atoms with Crippen LogP contribution in [0.15, 0.2) is 91.0 Å². The molecule has 26 heavy (non-hydrogen) atoms. The Bertz CT molecular complexity index is 941. The van der Waals surface area contributed by atoms with E-state index in [0.717, 1.165) is 0 Å². The van der Waals surface area contributed by atoms with Gasteiger partial charge >= 0.3 is 0 Å². The van der Waals surface area contributed by atoms with Crippen LogP contribution in [0.4, 0.5) is 0 Å². The first-order chi connectivity index (χ1) is 12.7. The van der Waals surface area contributed by atoms with Crippen LogP contribution in [0.2, 0.25) is 0 Å². The van der Waals surface area contributed by atoms with Gasteiger partial charge in [-0.2, -0.15) is 0 Å². The number of methoxy groups -OCH3 is 1. The summed E-state index contributed by atoms with van der Waals surface area (Å²) in [5, 5.41) is 0. The van der Waals surface area contributed by atoms with Crippen molar-refractivity contribution in [3.8, 4) is 5.75 Å². The lowest BCUT2D eigenvalue weighted by atomic mass is 9.94. The number of hydrogen-bond acceptors (Lipinski definition) is 3. The maximum atomic E-state index is 13.1. The molecule has 3 rings (SSSR count). The van der Waals surface area contributed by atoms with Crippen molar-refractivity contribution >= 4 is 17.1 Å². The smallest absolute Gasteiger partial charge is 0.193 e. The number of hydrogen-bond donors (Lipinski definition) is 0. The van der Waals surface area contributed by atoms with Gasteiger partial charge in [0.1, 0.15) is 5.75 Å². The highest BCUT2D eigenvalue weighted by molar-refractivity contribution is 6.32. The number of allylic oxidation sites excluding steroid dienone is 2. The lowest BCUT2D eigenvalue weighted by Crippen LogP contribution is -2.06. The molecule has 0 aliphatic carbocycles. The Kier molecular flexibility index (Phi) is 5.40. The van der Waals surface area contributed by atoms with Crippen molar-refractivity contribution in [2.75, 3.05) is 7.11 Å². The first-order valence-corrected chi connectivity index (χ1v) is 8.24. The van der Waals surface area contributed by atoms with Crippen LogP contribution in [0.25, 0.3) is 5.57 Å². The SMILES string of the molecule is COc1cccc(/C(=C\C(=O)c2ccccc2)C(=O)c2ccccc2)c1. The van der Waals surface area contributed by atoms with E-state index in [-0.39, 0.29) is 11.6 Å². The van der Waals surface area contributed by atoms with Gasteiger partial charge in [0.2, 0.25) is 0 Å². The molecule has 0 atom stereocenters. The van der Waals surface area contributed by atoms with Crippen molar-refractivity contribution in [2.24, 2.45) is 0 Å². The molecule has 0 N–H and O–H groups in total. The van der Waals surface area contributed by atoms with E-state index in [1.165, 1.54) is 6.08 Å². The Hall–Kier alpha value is -3.46. The predicted octanol–water partition coefficient (Wildman–Crippen LogP) is 4.84. The minimum atomic E-state index is -0.215. The predicted molar refractivity (Wildman–Crippen MR) is 103 cm³/mol. The molecule has 0 unspecified atom stereocenters. The lowest BCUT2D eigenvalue weighted by Gasteiger charge is -2.09. The Balaban J connectivity index is 2.08. The Morgan fingerprint density at radius 1 is 0.731 bits per heavy atom. The zero-order valence-corrected chi connectivity index (χ0v) is 14.4. The van der Waals surface area contributed by atoms with Gasteiger partial charge in [0.25, 0.3) is 0 Å². The van der Waals surface area contributed by atoms with E-state index >= 15 is 0 Å². The molecule has 0 spiro atoms. The number of carbonyl (C=O) groups excluding carboxylic acids is 2. The third-order valence-corrected chi connectivity index (χ3v) is 4.00. The Morgan fingerprint density at radius 2 is 1.31 bits per heavy atom. The van der Waals surface area contributed by atoms with Gasteiger partial charge in [-0.1, -0.05) is 72.8 Å². The lowest BCUT2D eigenvalue weighted by molar-refractivity contribution is 0.102. The van der Waals surface area contributed by atoms with Gasteiger partial charge in [-0.25, -0.2) is 0 Å². The van der Waals surface area contributed by atoms with E-state index in [9.17, 15) is 9.59 Å². The van der Waals surface area contributed by atoms with Crippen LogP contribution >= 0.6 is 0 Å². The quantitative estimate of drug-likeness (QED) is 0.475. The van der Waals surface area contributed by atoms with E-state index in [1.54, 1.807) is 79.9 Å². The number of Topliss-reactive ketones (excluding diaryl/α,β-unsaturated/α-hetero) is 1. The highest BCUT2D eigenvalue weighted by atomic mass is 16.5. The molecule has 0 saturated carbocycles. The van der Waals surface area contributed by atoms with Crippen molar-refractivity contribution in [1.29, 1.82) is 0 Å². The minimum absolute atomic E-state index is 0.205. The molecule has 0 bridgehead atoms. The molecule has 0 fully saturated rings. The molecule has 3 nitrogen and oxygen atoms in total. The highest BCUT2D eigenvalue weighted by Gasteiger charge is 2.17. The molecular weight excluding hydrogens is 324 g/mol. The van der Waals surface area contributed by atoms with E-state index in [4.69, 9.17) is 4.74 Å². The fraction of sp³-hybridized carbons (Fsp3) is 0.0435. The standard InChI is InChI=1S/C23H18O3/c1-26-20-14-8-13-19(15-20)21(23(25)18-11-6-3-7-12-18)16-22(24)17-9-4-2-5-10-17/h2-16H,1H3/b21-16+. The van der Waals surface area contributed by atoms with Crippen LogP contribution in [0.5, 0.6) is 5.75 Å². The second-order valence-electron chi connectivity index (χ2n) is 5.72. The Labute approximate surface area is 152 Å². The summed E-state index contributed by atoms with van der Waals surface area (Å²) >= 11 is 0. The number of ketones is 2. The third kappa shape index (κ3) is 3.95. The molecule has 0 heterocycles. The third-order valence-electron chi connectivity index (χ3n) is 4.00. The van der Waals surface area contributed by atoms with Crippen LogP contribution in [0.3, 0.4) is 0 Å². The average Bonchev–Trinajstić information content (AvgIpc) is 2.72. The zero-order valence-electron chi connectivity index (χ0n) is 14.4. The Morgan fingerprint density at radius 3 is 1.92 bits per heavy atom. The van der Waals surface area contributed by atoms with Crippen LogP contribution in [-0.2, 0) is 0 Å². The molecule has 0 saturated heterocycles. The van der Waals surface area contributed by atoms with Gasteiger partial charge < -0.3 is 4.74 Å². The molecule has 0 aliphatic heterocycles. The van der Waals surface area contributed by atoms with E-state index < -0.39 is 0 Å². The van der Waals surface area contributed by atoms with Crippen LogP contribution in [0, 0.1) is 0 Å². The van der Waals surface area contributed by atoms with E-state index in [2.05, 4.69) is 0 Å². The fourth-order valence-electron chi connectivity index (χ4n) is 2.63. The van der Waals surface area contributed by atoms with Crippen molar-refractivity contribution in [2.45, 2.75) is 0 Å². The summed E-state index contributed by atoms with van der Waals surface area (Å²) in [6, 6.07) is 25.0. The van der Waals surface area contributed by atoms with E-state index in [1.807, 2.05) is 12.1 Å². The van der Waals surface area contributed by atoms with Crippen LogP contribution < -0.4 is 4.74 Å². The molecule has 128 valence electrons. The molecule has 3 aromatic rings. The first kappa shape index (κ1) is 17.4. The van der Waals surface area contributed by atoms with Crippen LogP contribution in [0.1, 0.15) is 26.3 Å². The molecule has 0 radical (unpaired) electrons. The topological polar surface area (TPSA) is 43.4 Å². The van der Waals surface area contributed by atoms with Crippen molar-refractivity contribution in [1.82, 2.24) is 0 Å². The van der Waals surface area contributed by atoms with Gasteiger partial charge in [0.15, 0.2) is 11.6 Å². The van der Waals surface area contributed by atoms with Gasteiger partial charge in [-0.15, -0.1) is 0 Å². The summed E-state index contributed by atoms with van der Waals surface area (Å²) in [6.07, 6.45) is 1.40. The number of benzene rings is 3. The van der Waals surface area contributed by atoms with Crippen LogP contribution in [-0.4, -0.2) is 18.7 Å². The second kappa shape index (κ2) is 8.08. The summed E-state index contributed by atoms with van der Waals surface area (Å²) in [4.78, 5) is 25.7. The van der Waals surface area contributed by atoms with Crippen molar-refractivity contribution in [3.63, 3.8) is 0 Å². The maximum absolute atomic E-state index is 13.1. The summed E-state index contributed by atoms with van der Waals surface area (Å²) in [6.45, 7) is 0. The van der Waals surface area contributed by atoms with Gasteiger partial charge in [-0.3, -0.25) is 9.59 Å². The van der Waals surface area contributed by atoms with Crippen molar-refractivity contribution < 1.29 is 14.3 Å². The molecule has 0 amide bonds. The average molecular weight is 342 g/mol. The van der Waals surface area contributed by atoms with Crippen molar-refractivity contribution in [3.05, 3.63) is 108 Å². The second-order valence-corrected chi connectivity index (χ2v) is 5.72. The number of carbonyl (C=O) groups is 2. The molecular formula is C23H18O3. The highest BCUT2D eigenvalue weighted by Crippen LogP contribution is 2.24. The normalized spacial score (nSPS) is 11.0. The van der Waals surface area contributed by atoms with E-state index in [0.29, 0.717) is 28.0 Å². The minimum Gasteiger partial charge on any atom is -0.497 e. The van der Waals surface area contributed by atoms with Gasteiger partial charge in [0, 0.05) is 16.7 Å². The van der Waals surface area contributed by atoms with Gasteiger partial charge in [0.05, 0.1) is 7.11 Å². The number of ether oxygens (including phenoxy) is 1. The van der Waals surface area contributed by atoms with Gasteiger partial charge in [-0.05, 0) is 23.8 Å². The first-order valence-electron chi connectivity index (χ1n) is 8.24. The summed E-state index contributed by atoms with van der Waals surface area (Å²) in [5.41, 5.74) is 2.04. The zero-order chi connectivity index (χ0) is 18.4. The monoisotopic (exact) mass is 342 g/mol. The summed E-state index contributed by atoms with van der Waals surface area (Å²) < 4.78 is 5.26. The summed E-state index contributed by atoms with van der Waals surface area (Å²) in [5.74, 6) is 0.206. The molecule has 3 heteroatoms. The number of rotatable bonds is 6.